The van der Waals surface area contributed by atoms with Crippen LogP contribution in [-0.2, 0) is 0 Å². The molecule has 12 aromatic rings. The Kier molecular flexibility index (Phi) is 10.0. The van der Waals surface area contributed by atoms with Gasteiger partial charge in [-0.05, 0) is 136 Å². The van der Waals surface area contributed by atoms with Gasteiger partial charge in [0, 0.05) is 71.2 Å². The van der Waals surface area contributed by atoms with Crippen molar-refractivity contribution in [1.82, 2.24) is 0 Å². The van der Waals surface area contributed by atoms with E-state index >= 15 is 0 Å². The van der Waals surface area contributed by atoms with Crippen molar-refractivity contribution in [3.05, 3.63) is 261 Å². The summed E-state index contributed by atoms with van der Waals surface area (Å²) in [5.41, 5.74) is 12.0. The molecule has 0 aliphatic carbocycles. The van der Waals surface area contributed by atoms with Gasteiger partial charge < -0.3 is 14.7 Å². The molecular weight excluding hydrogens is 819 g/mol. The van der Waals surface area contributed by atoms with Gasteiger partial charge in [0.15, 0.2) is 0 Å². The molecule has 0 bridgehead atoms. The van der Waals surface area contributed by atoms with E-state index < -0.39 is 0 Å². The van der Waals surface area contributed by atoms with Gasteiger partial charge in [0.05, 0.1) is 5.69 Å². The molecule has 1 aromatic heterocycles. The third-order valence-corrected chi connectivity index (χ3v) is 13.7. The van der Waals surface area contributed by atoms with E-state index in [9.17, 15) is 0 Å². The molecule has 0 atom stereocenters. The minimum atomic E-state index is 1.04. The Morgan fingerprint density at radius 1 is 0.242 bits per heavy atom. The highest BCUT2D eigenvalue weighted by molar-refractivity contribution is 7.25. The van der Waals surface area contributed by atoms with Gasteiger partial charge in [-0.2, -0.15) is 0 Å². The summed E-state index contributed by atoms with van der Waals surface area (Å²) in [4.78, 5) is 7.13. The minimum Gasteiger partial charge on any atom is -0.310 e. The Balaban J connectivity index is 1.05. The van der Waals surface area contributed by atoms with Crippen molar-refractivity contribution in [2.75, 3.05) is 14.7 Å². The summed E-state index contributed by atoms with van der Waals surface area (Å²) in [5, 5.41) is 7.56. The second kappa shape index (κ2) is 16.9. The number of thiophene rings is 1. The predicted octanol–water partition coefficient (Wildman–Crippen LogP) is 18.4. The average molecular weight is 862 g/mol. The standard InChI is InChI=1S/C62H43N3S/c1-5-19-44(20-6-1)55-31-13-15-33-60(55)65(54-38-37-45-35-36-46-39-62-59(43-58(46)57(45)42-54)56-32-14-16-34-61(56)66-62)53-30-18-29-52(41-53)64(49-25-11-4-12-26-49)51-28-17-27-50(40-51)63(47-21-7-2-8-22-47)48-23-9-3-10-24-48/h1-43H. The maximum Gasteiger partial charge on any atom is 0.0540 e. The number of nitrogens with zero attached hydrogens (tertiary/aromatic N) is 3. The first-order valence-electron chi connectivity index (χ1n) is 22.4. The van der Waals surface area contributed by atoms with Crippen molar-refractivity contribution in [3.63, 3.8) is 0 Å². The zero-order valence-corrected chi connectivity index (χ0v) is 36.9. The molecule has 0 unspecified atom stereocenters. The van der Waals surface area contributed by atoms with Gasteiger partial charge >= 0.3 is 0 Å². The van der Waals surface area contributed by atoms with E-state index in [4.69, 9.17) is 0 Å². The molecule has 11 aromatic carbocycles. The van der Waals surface area contributed by atoms with Crippen LogP contribution in [0.4, 0.5) is 51.2 Å². The van der Waals surface area contributed by atoms with Crippen LogP contribution >= 0.6 is 11.3 Å². The first-order valence-corrected chi connectivity index (χ1v) is 23.2. The van der Waals surface area contributed by atoms with Gasteiger partial charge in [-0.1, -0.05) is 152 Å². The molecule has 4 heteroatoms. The van der Waals surface area contributed by atoms with Crippen LogP contribution in [0.3, 0.4) is 0 Å². The van der Waals surface area contributed by atoms with Crippen LogP contribution in [0.25, 0.3) is 52.8 Å². The molecule has 0 saturated carbocycles. The third kappa shape index (κ3) is 7.20. The monoisotopic (exact) mass is 861 g/mol. The van der Waals surface area contributed by atoms with Crippen LogP contribution < -0.4 is 14.7 Å². The topological polar surface area (TPSA) is 9.72 Å². The normalized spacial score (nSPS) is 11.3. The molecule has 1 heterocycles. The van der Waals surface area contributed by atoms with Crippen molar-refractivity contribution in [3.8, 4) is 11.1 Å². The lowest BCUT2D eigenvalue weighted by molar-refractivity contribution is 1.24. The van der Waals surface area contributed by atoms with Gasteiger partial charge in [0.25, 0.3) is 0 Å². The molecule has 0 aliphatic heterocycles. The number of benzene rings is 11. The summed E-state index contributed by atoms with van der Waals surface area (Å²) >= 11 is 1.87. The fourth-order valence-electron chi connectivity index (χ4n) is 9.53. The molecule has 0 amide bonds. The maximum atomic E-state index is 2.44. The Morgan fingerprint density at radius 2 is 0.697 bits per heavy atom. The SMILES string of the molecule is c1ccc(-c2ccccc2N(c2cccc(N(c3ccccc3)c3cccc(N(c4ccccc4)c4ccccc4)c3)c2)c2ccc3ccc4cc5sc6ccccc6c5cc4c3c2)cc1. The second-order valence-corrected chi connectivity index (χ2v) is 17.7. The molecule has 0 fully saturated rings. The largest absolute Gasteiger partial charge is 0.310 e. The minimum absolute atomic E-state index is 1.04. The van der Waals surface area contributed by atoms with Crippen molar-refractivity contribution in [1.29, 1.82) is 0 Å². The van der Waals surface area contributed by atoms with E-state index in [1.54, 1.807) is 0 Å². The van der Waals surface area contributed by atoms with E-state index in [1.807, 2.05) is 11.3 Å². The van der Waals surface area contributed by atoms with E-state index in [1.165, 1.54) is 41.7 Å². The Hall–Kier alpha value is -8.44. The molecule has 0 N–H and O–H groups in total. The fraction of sp³-hybridized carbons (Fsp3) is 0. The van der Waals surface area contributed by atoms with Crippen molar-refractivity contribution in [2.45, 2.75) is 0 Å². The van der Waals surface area contributed by atoms with Crippen molar-refractivity contribution >= 4 is 104 Å². The predicted molar refractivity (Wildman–Crippen MR) is 284 cm³/mol. The Labute approximate surface area is 388 Å². The average Bonchev–Trinajstić information content (AvgIpc) is 3.75. The number of fused-ring (bicyclic) bond motifs is 6. The van der Waals surface area contributed by atoms with E-state index in [0.717, 1.165) is 62.3 Å². The zero-order chi connectivity index (χ0) is 43.8. The lowest BCUT2D eigenvalue weighted by atomic mass is 9.98. The Bertz CT molecular complexity index is 3620. The first-order chi connectivity index (χ1) is 32.7. The van der Waals surface area contributed by atoms with Gasteiger partial charge in [-0.15, -0.1) is 11.3 Å². The third-order valence-electron chi connectivity index (χ3n) is 12.5. The van der Waals surface area contributed by atoms with Gasteiger partial charge in [0.1, 0.15) is 0 Å². The second-order valence-electron chi connectivity index (χ2n) is 16.6. The lowest BCUT2D eigenvalue weighted by Gasteiger charge is -2.31. The molecule has 12 rings (SSSR count). The molecule has 0 spiro atoms. The van der Waals surface area contributed by atoms with Gasteiger partial charge in [-0.25, -0.2) is 0 Å². The smallest absolute Gasteiger partial charge is 0.0540 e. The quantitative estimate of drug-likeness (QED) is 0.127. The van der Waals surface area contributed by atoms with Crippen molar-refractivity contribution in [2.24, 2.45) is 0 Å². The number of rotatable bonds is 10. The highest BCUT2D eigenvalue weighted by Crippen LogP contribution is 2.46. The highest BCUT2D eigenvalue weighted by atomic mass is 32.1. The summed E-state index contributed by atoms with van der Waals surface area (Å²) < 4.78 is 2.63. The summed E-state index contributed by atoms with van der Waals surface area (Å²) in [6.45, 7) is 0. The molecule has 0 aliphatic rings. The highest BCUT2D eigenvalue weighted by Gasteiger charge is 2.22. The van der Waals surface area contributed by atoms with E-state index in [0.29, 0.717) is 0 Å². The Morgan fingerprint density at radius 3 is 1.33 bits per heavy atom. The molecule has 0 radical (unpaired) electrons. The summed E-state index contributed by atoms with van der Waals surface area (Å²) in [5.74, 6) is 0. The molecule has 312 valence electrons. The lowest BCUT2D eigenvalue weighted by Crippen LogP contribution is -2.14. The summed E-state index contributed by atoms with van der Waals surface area (Å²) in [6.07, 6.45) is 0. The number of anilines is 9. The fourth-order valence-corrected chi connectivity index (χ4v) is 10.7. The van der Waals surface area contributed by atoms with Gasteiger partial charge in [0.2, 0.25) is 0 Å². The van der Waals surface area contributed by atoms with Crippen LogP contribution in [0.2, 0.25) is 0 Å². The zero-order valence-electron chi connectivity index (χ0n) is 36.1. The molecule has 3 nitrogen and oxygen atoms in total. The van der Waals surface area contributed by atoms with E-state index in [2.05, 4.69) is 276 Å². The number of hydrogen-bond acceptors (Lipinski definition) is 4. The molecular formula is C62H43N3S. The number of para-hydroxylation sites is 4. The van der Waals surface area contributed by atoms with Crippen LogP contribution in [0.15, 0.2) is 261 Å². The van der Waals surface area contributed by atoms with Crippen LogP contribution in [0.5, 0.6) is 0 Å². The van der Waals surface area contributed by atoms with Crippen LogP contribution in [-0.4, -0.2) is 0 Å². The van der Waals surface area contributed by atoms with Gasteiger partial charge in [-0.3, -0.25) is 0 Å². The van der Waals surface area contributed by atoms with Crippen molar-refractivity contribution < 1.29 is 0 Å². The molecule has 66 heavy (non-hydrogen) atoms. The summed E-state index contributed by atoms with van der Waals surface area (Å²) in [7, 11) is 0. The first kappa shape index (κ1) is 39.2. The van der Waals surface area contributed by atoms with Crippen LogP contribution in [0, 0.1) is 0 Å². The van der Waals surface area contributed by atoms with Crippen LogP contribution in [0.1, 0.15) is 0 Å². The molecule has 0 saturated heterocycles. The van der Waals surface area contributed by atoms with E-state index in [-0.39, 0.29) is 0 Å². The summed E-state index contributed by atoms with van der Waals surface area (Å²) in [6, 6.07) is 94.3. The number of hydrogen-bond donors (Lipinski definition) is 0. The maximum absolute atomic E-state index is 2.44.